The number of ether oxygens (including phenoxy) is 1. The second-order valence-corrected chi connectivity index (χ2v) is 9.79. The Morgan fingerprint density at radius 1 is 1.15 bits per heavy atom. The third-order valence-corrected chi connectivity index (χ3v) is 7.25. The maximum Gasteiger partial charge on any atom is 0.230 e. The molecule has 1 aliphatic carbocycles. The van der Waals surface area contributed by atoms with Gasteiger partial charge in [-0.3, -0.25) is 4.79 Å². The Hall–Kier alpha value is -3.00. The molecule has 1 fully saturated rings. The second kappa shape index (κ2) is 10.3. The first kappa shape index (κ1) is 23.2. The molecule has 4 rings (SSSR count). The van der Waals surface area contributed by atoms with E-state index in [1.54, 1.807) is 0 Å². The number of rotatable bonds is 10. The van der Waals surface area contributed by atoms with Crippen molar-refractivity contribution in [1.29, 1.82) is 0 Å². The molecule has 33 heavy (non-hydrogen) atoms. The van der Waals surface area contributed by atoms with Crippen molar-refractivity contribution < 1.29 is 9.53 Å². The third kappa shape index (κ3) is 5.50. The van der Waals surface area contributed by atoms with Crippen molar-refractivity contribution in [1.82, 2.24) is 20.2 Å². The molecule has 7 nitrogen and oxygen atoms in total. The lowest BCUT2D eigenvalue weighted by molar-refractivity contribution is -0.119. The summed E-state index contributed by atoms with van der Waals surface area (Å²) < 4.78 is 7.18. The van der Waals surface area contributed by atoms with E-state index in [0.29, 0.717) is 23.4 Å². The molecule has 174 valence electrons. The lowest BCUT2D eigenvalue weighted by Gasteiger charge is -2.42. The van der Waals surface area contributed by atoms with Crippen LogP contribution in [0.4, 0.5) is 0 Å². The van der Waals surface area contributed by atoms with Gasteiger partial charge in [-0.1, -0.05) is 74.5 Å². The van der Waals surface area contributed by atoms with E-state index in [1.807, 2.05) is 18.2 Å². The van der Waals surface area contributed by atoms with Crippen LogP contribution in [0.5, 0.6) is 5.75 Å². The van der Waals surface area contributed by atoms with Crippen molar-refractivity contribution in [2.24, 2.45) is 0 Å². The SMILES string of the molecule is CC(C)c1ccc(OCc2nnc(SCC(=O)NCC3(c4ccccc4)CCC3)n2N)cc1. The zero-order chi connectivity index (χ0) is 23.3. The van der Waals surface area contributed by atoms with Crippen LogP contribution in [0, 0.1) is 0 Å². The lowest BCUT2D eigenvalue weighted by Crippen LogP contribution is -2.46. The smallest absolute Gasteiger partial charge is 0.230 e. The van der Waals surface area contributed by atoms with Gasteiger partial charge in [0.2, 0.25) is 11.1 Å². The number of benzene rings is 2. The molecule has 0 bridgehead atoms. The van der Waals surface area contributed by atoms with E-state index in [2.05, 4.69) is 65.8 Å². The molecule has 0 aliphatic heterocycles. The molecule has 0 saturated heterocycles. The highest BCUT2D eigenvalue weighted by molar-refractivity contribution is 7.99. The fraction of sp³-hybridized carbons (Fsp3) is 0.400. The van der Waals surface area contributed by atoms with Gasteiger partial charge in [0.25, 0.3) is 0 Å². The highest BCUT2D eigenvalue weighted by atomic mass is 32.2. The number of nitrogens with zero attached hydrogens (tertiary/aromatic N) is 3. The normalized spacial score (nSPS) is 14.6. The molecular weight excluding hydrogens is 434 g/mol. The number of nitrogens with one attached hydrogen (secondary N) is 1. The molecule has 1 heterocycles. The largest absolute Gasteiger partial charge is 0.486 e. The Morgan fingerprint density at radius 3 is 2.52 bits per heavy atom. The number of nitrogen functional groups attached to an aromatic ring is 1. The van der Waals surface area contributed by atoms with Crippen molar-refractivity contribution in [3.8, 4) is 5.75 Å². The number of nitrogens with two attached hydrogens (primary N) is 1. The molecule has 8 heteroatoms. The maximum atomic E-state index is 12.5. The number of hydrogen-bond acceptors (Lipinski definition) is 6. The fourth-order valence-corrected chi connectivity index (χ4v) is 4.72. The van der Waals surface area contributed by atoms with Crippen LogP contribution in [0.15, 0.2) is 59.8 Å². The minimum Gasteiger partial charge on any atom is -0.486 e. The molecule has 0 atom stereocenters. The van der Waals surface area contributed by atoms with Gasteiger partial charge in [-0.25, -0.2) is 4.68 Å². The van der Waals surface area contributed by atoms with Crippen LogP contribution in [0.2, 0.25) is 0 Å². The summed E-state index contributed by atoms with van der Waals surface area (Å²) in [5.74, 6) is 8.05. The first-order valence-electron chi connectivity index (χ1n) is 11.3. The van der Waals surface area contributed by atoms with Crippen molar-refractivity contribution in [3.05, 3.63) is 71.5 Å². The topological polar surface area (TPSA) is 95.1 Å². The molecule has 1 aromatic heterocycles. The summed E-state index contributed by atoms with van der Waals surface area (Å²) in [6.07, 6.45) is 3.40. The summed E-state index contributed by atoms with van der Waals surface area (Å²) >= 11 is 1.27. The monoisotopic (exact) mass is 465 g/mol. The number of amides is 1. The van der Waals surface area contributed by atoms with Gasteiger partial charge in [0.1, 0.15) is 12.4 Å². The van der Waals surface area contributed by atoms with Crippen LogP contribution in [0.1, 0.15) is 56.0 Å². The van der Waals surface area contributed by atoms with Crippen molar-refractivity contribution in [3.63, 3.8) is 0 Å². The predicted molar refractivity (Wildman–Crippen MR) is 131 cm³/mol. The number of thioether (sulfide) groups is 1. The molecule has 1 aliphatic rings. The van der Waals surface area contributed by atoms with Gasteiger partial charge in [-0.15, -0.1) is 10.2 Å². The Morgan fingerprint density at radius 2 is 1.88 bits per heavy atom. The van der Waals surface area contributed by atoms with E-state index in [-0.39, 0.29) is 23.7 Å². The van der Waals surface area contributed by atoms with Crippen LogP contribution in [0.3, 0.4) is 0 Å². The highest BCUT2D eigenvalue weighted by Gasteiger charge is 2.38. The quantitative estimate of drug-likeness (QED) is 0.347. The van der Waals surface area contributed by atoms with Crippen molar-refractivity contribution in [2.75, 3.05) is 18.1 Å². The molecule has 1 saturated carbocycles. The van der Waals surface area contributed by atoms with E-state index in [0.717, 1.165) is 18.6 Å². The molecule has 1 amide bonds. The third-order valence-electron chi connectivity index (χ3n) is 6.30. The zero-order valence-electron chi connectivity index (χ0n) is 19.2. The Balaban J connectivity index is 1.25. The predicted octanol–water partition coefficient (Wildman–Crippen LogP) is 4.02. The molecule has 0 unspecified atom stereocenters. The highest BCUT2D eigenvalue weighted by Crippen LogP contribution is 2.43. The van der Waals surface area contributed by atoms with Gasteiger partial charge in [0.05, 0.1) is 5.75 Å². The lowest BCUT2D eigenvalue weighted by atomic mass is 9.64. The molecule has 3 N–H and O–H groups in total. The van der Waals surface area contributed by atoms with Crippen LogP contribution in [-0.2, 0) is 16.8 Å². The van der Waals surface area contributed by atoms with Gasteiger partial charge in [-0.2, -0.15) is 0 Å². The molecule has 0 radical (unpaired) electrons. The van der Waals surface area contributed by atoms with E-state index < -0.39 is 0 Å². The molecule has 2 aromatic carbocycles. The minimum absolute atomic E-state index is 0.0340. The van der Waals surface area contributed by atoms with Gasteiger partial charge >= 0.3 is 0 Å². The van der Waals surface area contributed by atoms with Gasteiger partial charge in [-0.05, 0) is 42.0 Å². The summed E-state index contributed by atoms with van der Waals surface area (Å²) in [7, 11) is 0. The number of carbonyl (C=O) groups excluding carboxylic acids is 1. The van der Waals surface area contributed by atoms with Gasteiger partial charge in [0.15, 0.2) is 5.82 Å². The van der Waals surface area contributed by atoms with Crippen molar-refractivity contribution in [2.45, 2.75) is 56.2 Å². The van der Waals surface area contributed by atoms with Gasteiger partial charge in [0, 0.05) is 12.0 Å². The van der Waals surface area contributed by atoms with E-state index in [9.17, 15) is 4.79 Å². The molecule has 3 aromatic rings. The summed E-state index contributed by atoms with van der Waals surface area (Å²) in [6, 6.07) is 18.4. The fourth-order valence-electron chi connectivity index (χ4n) is 4.01. The number of carbonyl (C=O) groups is 1. The maximum absolute atomic E-state index is 12.5. The van der Waals surface area contributed by atoms with E-state index in [1.165, 1.54) is 34.0 Å². The van der Waals surface area contributed by atoms with E-state index in [4.69, 9.17) is 10.6 Å². The Bertz CT molecular complexity index is 1060. The molecule has 0 spiro atoms. The van der Waals surface area contributed by atoms with E-state index >= 15 is 0 Å². The van der Waals surface area contributed by atoms with Crippen LogP contribution < -0.4 is 15.9 Å². The summed E-state index contributed by atoms with van der Waals surface area (Å²) in [5.41, 5.74) is 2.62. The van der Waals surface area contributed by atoms with Crippen molar-refractivity contribution >= 4 is 17.7 Å². The Labute approximate surface area is 199 Å². The Kier molecular flexibility index (Phi) is 7.23. The standard InChI is InChI=1S/C25H31N5O2S/c1-18(2)19-9-11-21(12-10-19)32-15-22-28-29-24(30(22)26)33-16-23(31)27-17-25(13-6-14-25)20-7-4-3-5-8-20/h3-5,7-12,18H,6,13-17,26H2,1-2H3,(H,27,31). The van der Waals surface area contributed by atoms with Gasteiger partial charge < -0.3 is 15.9 Å². The summed E-state index contributed by atoms with van der Waals surface area (Å²) in [5, 5.41) is 11.8. The number of hydrogen-bond donors (Lipinski definition) is 2. The first-order chi connectivity index (χ1) is 16.0. The summed E-state index contributed by atoms with van der Waals surface area (Å²) in [6.45, 7) is 5.17. The van der Waals surface area contributed by atoms with Crippen LogP contribution >= 0.6 is 11.8 Å². The van der Waals surface area contributed by atoms with Crippen LogP contribution in [0.25, 0.3) is 0 Å². The first-order valence-corrected chi connectivity index (χ1v) is 12.3. The second-order valence-electron chi connectivity index (χ2n) is 8.85. The molecular formula is C25H31N5O2S. The number of aromatic nitrogens is 3. The average Bonchev–Trinajstić information content (AvgIpc) is 3.16. The zero-order valence-corrected chi connectivity index (χ0v) is 20.0. The average molecular weight is 466 g/mol. The minimum atomic E-state index is -0.0340. The van der Waals surface area contributed by atoms with Crippen LogP contribution in [-0.4, -0.2) is 33.1 Å². The summed E-state index contributed by atoms with van der Waals surface area (Å²) in [4.78, 5) is 12.5.